The first kappa shape index (κ1) is 21.3. The van der Waals surface area contributed by atoms with Crippen LogP contribution in [-0.4, -0.2) is 29.1 Å². The van der Waals surface area contributed by atoms with Crippen LogP contribution in [0.1, 0.15) is 29.3 Å². The van der Waals surface area contributed by atoms with Gasteiger partial charge in [-0.2, -0.15) is 0 Å². The predicted molar refractivity (Wildman–Crippen MR) is 129 cm³/mol. The van der Waals surface area contributed by atoms with E-state index in [0.29, 0.717) is 35.5 Å². The van der Waals surface area contributed by atoms with Gasteiger partial charge in [0.15, 0.2) is 0 Å². The highest BCUT2D eigenvalue weighted by Gasteiger charge is 2.17. The fourth-order valence-corrected chi connectivity index (χ4v) is 3.65. The molecule has 0 aliphatic rings. The van der Waals surface area contributed by atoms with Crippen LogP contribution in [0.5, 0.6) is 0 Å². The SMILES string of the molecule is CCCNC(=O)c1ccc2c(=O)n(-c3ccccc3)c(N(C)Cc3ccccc3)nc2c1. The largest absolute Gasteiger partial charge is 0.352 e. The third kappa shape index (κ3) is 4.39. The van der Waals surface area contributed by atoms with Crippen molar-refractivity contribution in [3.63, 3.8) is 0 Å². The Kier molecular flexibility index (Phi) is 6.31. The van der Waals surface area contributed by atoms with Crippen LogP contribution in [0.15, 0.2) is 83.7 Å². The average molecular weight is 427 g/mol. The van der Waals surface area contributed by atoms with Crippen molar-refractivity contribution in [2.45, 2.75) is 19.9 Å². The zero-order valence-corrected chi connectivity index (χ0v) is 18.3. The second-order valence-corrected chi connectivity index (χ2v) is 7.72. The topological polar surface area (TPSA) is 67.2 Å². The lowest BCUT2D eigenvalue weighted by molar-refractivity contribution is 0.0954. The zero-order valence-electron chi connectivity index (χ0n) is 18.3. The van der Waals surface area contributed by atoms with Crippen molar-refractivity contribution in [2.75, 3.05) is 18.5 Å². The van der Waals surface area contributed by atoms with Gasteiger partial charge in [0.1, 0.15) is 0 Å². The molecule has 0 atom stereocenters. The first-order chi connectivity index (χ1) is 15.6. The summed E-state index contributed by atoms with van der Waals surface area (Å²) >= 11 is 0. The zero-order chi connectivity index (χ0) is 22.5. The van der Waals surface area contributed by atoms with Gasteiger partial charge in [0.25, 0.3) is 11.5 Å². The quantitative estimate of drug-likeness (QED) is 0.482. The first-order valence-electron chi connectivity index (χ1n) is 10.7. The molecular formula is C26H26N4O2. The molecule has 1 heterocycles. The van der Waals surface area contributed by atoms with Gasteiger partial charge in [-0.1, -0.05) is 55.5 Å². The number of fused-ring (bicyclic) bond motifs is 1. The minimum atomic E-state index is -0.170. The summed E-state index contributed by atoms with van der Waals surface area (Å²) in [7, 11) is 1.91. The maximum atomic E-state index is 13.6. The number of anilines is 1. The lowest BCUT2D eigenvalue weighted by Gasteiger charge is -2.23. The molecule has 0 aliphatic heterocycles. The van der Waals surface area contributed by atoms with E-state index in [4.69, 9.17) is 4.98 Å². The maximum absolute atomic E-state index is 13.6. The number of carbonyl (C=O) groups excluding carboxylic acids is 1. The summed E-state index contributed by atoms with van der Waals surface area (Å²) in [6.07, 6.45) is 0.855. The van der Waals surface area contributed by atoms with Crippen molar-refractivity contribution < 1.29 is 4.79 Å². The molecule has 4 aromatic rings. The highest BCUT2D eigenvalue weighted by Crippen LogP contribution is 2.21. The molecule has 6 nitrogen and oxygen atoms in total. The highest BCUT2D eigenvalue weighted by atomic mass is 16.1. The Labute approximate surface area is 187 Å². The molecule has 0 saturated carbocycles. The van der Waals surface area contributed by atoms with Crippen LogP contribution in [0.3, 0.4) is 0 Å². The number of rotatable bonds is 7. The van der Waals surface area contributed by atoms with Gasteiger partial charge in [0.2, 0.25) is 5.95 Å². The number of aromatic nitrogens is 2. The Morgan fingerprint density at radius 2 is 1.69 bits per heavy atom. The fourth-order valence-electron chi connectivity index (χ4n) is 3.65. The molecule has 0 bridgehead atoms. The number of hydrogen-bond donors (Lipinski definition) is 1. The minimum absolute atomic E-state index is 0.165. The standard InChI is InChI=1S/C26H26N4O2/c1-3-16-27-24(31)20-14-15-22-23(17-20)28-26(29(2)18-19-10-6-4-7-11-19)30(25(22)32)21-12-8-5-9-13-21/h4-15,17H,3,16,18H2,1-2H3,(H,27,31). The number of carbonyl (C=O) groups is 1. The van der Waals surface area contributed by atoms with Crippen LogP contribution >= 0.6 is 0 Å². The molecule has 1 aromatic heterocycles. The lowest BCUT2D eigenvalue weighted by atomic mass is 10.1. The molecule has 0 saturated heterocycles. The van der Waals surface area contributed by atoms with Crippen molar-refractivity contribution >= 4 is 22.8 Å². The Balaban J connectivity index is 1.86. The van der Waals surface area contributed by atoms with E-state index in [0.717, 1.165) is 17.7 Å². The van der Waals surface area contributed by atoms with E-state index < -0.39 is 0 Å². The molecule has 0 fully saturated rings. The van der Waals surface area contributed by atoms with E-state index in [-0.39, 0.29) is 11.5 Å². The van der Waals surface area contributed by atoms with E-state index >= 15 is 0 Å². The van der Waals surface area contributed by atoms with E-state index in [1.165, 1.54) is 0 Å². The molecule has 1 amide bonds. The summed E-state index contributed by atoms with van der Waals surface area (Å²) < 4.78 is 1.63. The molecule has 32 heavy (non-hydrogen) atoms. The number of nitrogens with one attached hydrogen (secondary N) is 1. The predicted octanol–water partition coefficient (Wildman–Crippen LogP) is 4.16. The van der Waals surface area contributed by atoms with Gasteiger partial charge in [0, 0.05) is 25.7 Å². The normalized spacial score (nSPS) is 10.8. The van der Waals surface area contributed by atoms with Crippen LogP contribution in [0.2, 0.25) is 0 Å². The molecule has 0 spiro atoms. The Morgan fingerprint density at radius 1 is 1.00 bits per heavy atom. The molecule has 1 N–H and O–H groups in total. The molecule has 6 heteroatoms. The number of para-hydroxylation sites is 1. The number of benzene rings is 3. The second-order valence-electron chi connectivity index (χ2n) is 7.72. The maximum Gasteiger partial charge on any atom is 0.267 e. The highest BCUT2D eigenvalue weighted by molar-refractivity contribution is 5.97. The fraction of sp³-hybridized carbons (Fsp3) is 0.192. The third-order valence-corrected chi connectivity index (χ3v) is 5.27. The van der Waals surface area contributed by atoms with Crippen molar-refractivity contribution in [1.82, 2.24) is 14.9 Å². The van der Waals surface area contributed by atoms with Crippen molar-refractivity contribution in [1.29, 1.82) is 0 Å². The number of nitrogens with zero attached hydrogens (tertiary/aromatic N) is 3. The molecule has 0 unspecified atom stereocenters. The van der Waals surface area contributed by atoms with Gasteiger partial charge in [-0.15, -0.1) is 0 Å². The van der Waals surface area contributed by atoms with Crippen LogP contribution in [-0.2, 0) is 6.54 Å². The van der Waals surface area contributed by atoms with Gasteiger partial charge in [-0.3, -0.25) is 9.59 Å². The first-order valence-corrected chi connectivity index (χ1v) is 10.7. The van der Waals surface area contributed by atoms with Crippen molar-refractivity contribution in [3.8, 4) is 5.69 Å². The second kappa shape index (κ2) is 9.47. The monoisotopic (exact) mass is 426 g/mol. The van der Waals surface area contributed by atoms with E-state index in [9.17, 15) is 9.59 Å². The molecule has 162 valence electrons. The lowest BCUT2D eigenvalue weighted by Crippen LogP contribution is -2.29. The summed E-state index contributed by atoms with van der Waals surface area (Å²) in [5, 5.41) is 3.34. The molecule has 0 aliphatic carbocycles. The summed E-state index contributed by atoms with van der Waals surface area (Å²) in [6, 6.07) is 24.6. The smallest absolute Gasteiger partial charge is 0.267 e. The Morgan fingerprint density at radius 3 is 2.38 bits per heavy atom. The summed E-state index contributed by atoms with van der Waals surface area (Å²) in [5.41, 5.74) is 2.67. The Hall–Kier alpha value is -3.93. The molecule has 0 radical (unpaired) electrons. The van der Waals surface area contributed by atoms with Crippen LogP contribution in [0.4, 0.5) is 5.95 Å². The van der Waals surface area contributed by atoms with E-state index in [1.54, 1.807) is 22.8 Å². The van der Waals surface area contributed by atoms with Gasteiger partial charge < -0.3 is 10.2 Å². The third-order valence-electron chi connectivity index (χ3n) is 5.27. The minimum Gasteiger partial charge on any atom is -0.352 e. The van der Waals surface area contributed by atoms with Gasteiger partial charge in [-0.05, 0) is 42.3 Å². The van der Waals surface area contributed by atoms with Crippen molar-refractivity contribution in [2.24, 2.45) is 0 Å². The summed E-state index contributed by atoms with van der Waals surface area (Å²) in [4.78, 5) is 32.8. The molecule has 4 rings (SSSR count). The number of amides is 1. The summed E-state index contributed by atoms with van der Waals surface area (Å²) in [6.45, 7) is 3.19. The van der Waals surface area contributed by atoms with Crippen molar-refractivity contribution in [3.05, 3.63) is 100 Å². The summed E-state index contributed by atoms with van der Waals surface area (Å²) in [5.74, 6) is 0.352. The van der Waals surface area contributed by atoms with Gasteiger partial charge in [0.05, 0.1) is 16.6 Å². The molecular weight excluding hydrogens is 400 g/mol. The van der Waals surface area contributed by atoms with Gasteiger partial charge >= 0.3 is 0 Å². The number of hydrogen-bond acceptors (Lipinski definition) is 4. The van der Waals surface area contributed by atoms with Gasteiger partial charge in [-0.25, -0.2) is 9.55 Å². The van der Waals surface area contributed by atoms with E-state index in [1.807, 2.05) is 79.5 Å². The van der Waals surface area contributed by atoms with Crippen LogP contribution < -0.4 is 15.8 Å². The van der Waals surface area contributed by atoms with E-state index in [2.05, 4.69) is 5.32 Å². The molecule has 3 aromatic carbocycles. The average Bonchev–Trinajstić information content (AvgIpc) is 2.83. The van der Waals surface area contributed by atoms with Crippen LogP contribution in [0, 0.1) is 0 Å². The Bertz CT molecular complexity index is 1280. The van der Waals surface area contributed by atoms with Crippen LogP contribution in [0.25, 0.3) is 16.6 Å².